The summed E-state index contributed by atoms with van der Waals surface area (Å²) in [6.07, 6.45) is 1.21. The van der Waals surface area contributed by atoms with Crippen LogP contribution in [0.4, 0.5) is 0 Å². The molecule has 1 fully saturated rings. The van der Waals surface area contributed by atoms with Gasteiger partial charge in [0.1, 0.15) is 17.9 Å². The van der Waals surface area contributed by atoms with Crippen LogP contribution in [0, 0.1) is 22.2 Å². The van der Waals surface area contributed by atoms with E-state index in [2.05, 4.69) is 38.7 Å². The number of aromatic nitrogens is 1. The zero-order chi connectivity index (χ0) is 16.1. The van der Waals surface area contributed by atoms with Crippen molar-refractivity contribution in [2.24, 2.45) is 10.8 Å². The lowest BCUT2D eigenvalue weighted by Gasteiger charge is -2.56. The van der Waals surface area contributed by atoms with Crippen LogP contribution in [0.5, 0.6) is 5.75 Å². The number of benzene rings is 1. The summed E-state index contributed by atoms with van der Waals surface area (Å²) in [5.41, 5.74) is 1.01. The first kappa shape index (κ1) is 14.6. The summed E-state index contributed by atoms with van der Waals surface area (Å²) >= 11 is 0. The van der Waals surface area contributed by atoms with Crippen LogP contribution in [0.15, 0.2) is 29.1 Å². The van der Waals surface area contributed by atoms with E-state index in [9.17, 15) is 10.1 Å². The van der Waals surface area contributed by atoms with Crippen molar-refractivity contribution in [1.29, 1.82) is 5.26 Å². The fraction of sp³-hybridized carbons (Fsp3) is 0.444. The summed E-state index contributed by atoms with van der Waals surface area (Å²) in [5, 5.41) is 9.99. The van der Waals surface area contributed by atoms with Crippen LogP contribution in [-0.2, 0) is 0 Å². The van der Waals surface area contributed by atoms with Crippen molar-refractivity contribution in [1.82, 2.24) is 4.98 Å². The Morgan fingerprint density at radius 2 is 1.86 bits per heavy atom. The van der Waals surface area contributed by atoms with E-state index in [0.29, 0.717) is 11.1 Å². The number of pyridine rings is 1. The topological polar surface area (TPSA) is 65.9 Å². The van der Waals surface area contributed by atoms with Gasteiger partial charge < -0.3 is 9.72 Å². The monoisotopic (exact) mass is 296 g/mol. The third kappa shape index (κ3) is 2.18. The second-order valence-electron chi connectivity index (χ2n) is 7.49. The first-order chi connectivity index (χ1) is 10.2. The van der Waals surface area contributed by atoms with E-state index in [-0.39, 0.29) is 22.5 Å². The Morgan fingerprint density at radius 3 is 2.45 bits per heavy atom. The average molecular weight is 296 g/mol. The van der Waals surface area contributed by atoms with Gasteiger partial charge in [0.2, 0.25) is 5.56 Å². The van der Waals surface area contributed by atoms with E-state index in [1.807, 2.05) is 6.07 Å². The summed E-state index contributed by atoms with van der Waals surface area (Å²) in [5.74, 6) is 0.719. The second-order valence-corrected chi connectivity index (χ2v) is 7.49. The zero-order valence-electron chi connectivity index (χ0n) is 13.4. The number of aromatic amines is 1. The normalized spacial score (nSPS) is 19.4. The highest BCUT2D eigenvalue weighted by Gasteiger charge is 2.55. The van der Waals surface area contributed by atoms with Crippen molar-refractivity contribution in [2.45, 2.75) is 40.2 Å². The molecule has 0 radical (unpaired) electrons. The van der Waals surface area contributed by atoms with Crippen LogP contribution >= 0.6 is 0 Å². The molecule has 1 aromatic heterocycles. The molecule has 1 aliphatic carbocycles. The molecule has 114 valence electrons. The molecule has 4 heteroatoms. The molecule has 1 heterocycles. The predicted octanol–water partition coefficient (Wildman–Crippen LogP) is 3.60. The smallest absolute Gasteiger partial charge is 0.248 e. The summed E-state index contributed by atoms with van der Waals surface area (Å²) in [6, 6.07) is 8.83. The van der Waals surface area contributed by atoms with Gasteiger partial charge in [0.15, 0.2) is 0 Å². The van der Waals surface area contributed by atoms with Gasteiger partial charge in [0, 0.05) is 22.3 Å². The van der Waals surface area contributed by atoms with Crippen LogP contribution in [-0.4, -0.2) is 11.1 Å². The highest BCUT2D eigenvalue weighted by Crippen LogP contribution is 2.55. The molecule has 1 aliphatic rings. The number of nitriles is 1. The van der Waals surface area contributed by atoms with E-state index >= 15 is 0 Å². The fourth-order valence-electron chi connectivity index (χ4n) is 4.15. The molecule has 4 nitrogen and oxygen atoms in total. The minimum absolute atomic E-state index is 0.100. The molecular formula is C18H20N2O2. The standard InChI is InChI=1S/C18H20N2O2/c1-17(2)10-18(3,4)16(17)22-13-7-5-11(9-19)15-12(13)6-8-14(21)20-15/h5-8,16H,10H2,1-4H3,(H,20,21). The van der Waals surface area contributed by atoms with E-state index in [1.54, 1.807) is 12.1 Å². The van der Waals surface area contributed by atoms with Gasteiger partial charge in [-0.2, -0.15) is 5.26 Å². The molecular weight excluding hydrogens is 276 g/mol. The lowest BCUT2D eigenvalue weighted by Crippen LogP contribution is -2.58. The van der Waals surface area contributed by atoms with Crippen LogP contribution in [0.1, 0.15) is 39.7 Å². The fourth-order valence-corrected chi connectivity index (χ4v) is 4.15. The van der Waals surface area contributed by atoms with E-state index in [0.717, 1.165) is 17.6 Å². The van der Waals surface area contributed by atoms with Gasteiger partial charge in [-0.3, -0.25) is 4.79 Å². The van der Waals surface area contributed by atoms with Gasteiger partial charge in [-0.05, 0) is 24.6 Å². The Bertz CT molecular complexity index is 826. The number of fused-ring (bicyclic) bond motifs is 1. The summed E-state index contributed by atoms with van der Waals surface area (Å²) in [7, 11) is 0. The van der Waals surface area contributed by atoms with Crippen molar-refractivity contribution in [3.05, 3.63) is 40.2 Å². The number of rotatable bonds is 2. The van der Waals surface area contributed by atoms with Gasteiger partial charge in [-0.25, -0.2) is 0 Å². The van der Waals surface area contributed by atoms with Crippen LogP contribution in [0.25, 0.3) is 10.9 Å². The first-order valence-corrected chi connectivity index (χ1v) is 7.47. The minimum atomic E-state index is -0.217. The van der Waals surface area contributed by atoms with E-state index in [1.165, 1.54) is 6.07 Å². The number of hydrogen-bond acceptors (Lipinski definition) is 3. The molecule has 22 heavy (non-hydrogen) atoms. The van der Waals surface area contributed by atoms with E-state index in [4.69, 9.17) is 4.74 Å². The number of nitrogens with zero attached hydrogens (tertiary/aromatic N) is 1. The molecule has 0 bridgehead atoms. The predicted molar refractivity (Wildman–Crippen MR) is 85.9 cm³/mol. The van der Waals surface area contributed by atoms with Crippen molar-refractivity contribution in [3.8, 4) is 11.8 Å². The highest BCUT2D eigenvalue weighted by atomic mass is 16.5. The van der Waals surface area contributed by atoms with Crippen molar-refractivity contribution in [3.63, 3.8) is 0 Å². The molecule has 0 aliphatic heterocycles. The lowest BCUT2D eigenvalue weighted by molar-refractivity contribution is -0.133. The van der Waals surface area contributed by atoms with Gasteiger partial charge in [0.25, 0.3) is 0 Å². The van der Waals surface area contributed by atoms with Crippen LogP contribution in [0.3, 0.4) is 0 Å². The van der Waals surface area contributed by atoms with Gasteiger partial charge in [-0.15, -0.1) is 0 Å². The Balaban J connectivity index is 2.10. The summed E-state index contributed by atoms with van der Waals surface area (Å²) in [4.78, 5) is 14.3. The third-order valence-electron chi connectivity index (χ3n) is 4.55. The largest absolute Gasteiger partial charge is 0.489 e. The summed E-state index contributed by atoms with van der Waals surface area (Å²) < 4.78 is 6.30. The minimum Gasteiger partial charge on any atom is -0.489 e. The number of hydrogen-bond donors (Lipinski definition) is 1. The number of ether oxygens (including phenoxy) is 1. The molecule has 1 N–H and O–H groups in total. The van der Waals surface area contributed by atoms with Crippen LogP contribution < -0.4 is 10.3 Å². The maximum absolute atomic E-state index is 11.6. The maximum Gasteiger partial charge on any atom is 0.248 e. The number of nitrogens with one attached hydrogen (secondary N) is 1. The first-order valence-electron chi connectivity index (χ1n) is 7.47. The zero-order valence-corrected chi connectivity index (χ0v) is 13.4. The molecule has 0 spiro atoms. The Morgan fingerprint density at radius 1 is 1.18 bits per heavy atom. The molecule has 0 saturated heterocycles. The Labute approximate surface area is 129 Å². The molecule has 0 atom stereocenters. The molecule has 3 rings (SSSR count). The number of H-pyrrole nitrogens is 1. The van der Waals surface area contributed by atoms with Crippen molar-refractivity contribution < 1.29 is 4.74 Å². The molecule has 2 aromatic rings. The van der Waals surface area contributed by atoms with Crippen molar-refractivity contribution >= 4 is 10.9 Å². The van der Waals surface area contributed by atoms with Gasteiger partial charge in [0.05, 0.1) is 11.1 Å². The summed E-state index contributed by atoms with van der Waals surface area (Å²) in [6.45, 7) is 8.82. The lowest BCUT2D eigenvalue weighted by atomic mass is 9.53. The molecule has 1 aromatic carbocycles. The van der Waals surface area contributed by atoms with Crippen molar-refractivity contribution in [2.75, 3.05) is 0 Å². The highest BCUT2D eigenvalue weighted by molar-refractivity contribution is 5.89. The quantitative estimate of drug-likeness (QED) is 0.920. The Kier molecular flexibility index (Phi) is 3.07. The van der Waals surface area contributed by atoms with Gasteiger partial charge >= 0.3 is 0 Å². The third-order valence-corrected chi connectivity index (χ3v) is 4.55. The molecule has 0 unspecified atom stereocenters. The maximum atomic E-state index is 11.6. The molecule has 0 amide bonds. The van der Waals surface area contributed by atoms with E-state index < -0.39 is 0 Å². The molecule has 1 saturated carbocycles. The SMILES string of the molecule is CC1(C)CC(C)(C)C1Oc1ccc(C#N)c2[nH]c(=O)ccc12. The Hall–Kier alpha value is -2.28. The second kappa shape index (κ2) is 4.61. The average Bonchev–Trinajstić information content (AvgIpc) is 2.42. The van der Waals surface area contributed by atoms with Gasteiger partial charge in [-0.1, -0.05) is 27.7 Å². The van der Waals surface area contributed by atoms with Crippen LogP contribution in [0.2, 0.25) is 0 Å².